The molecule has 8 heteroatoms. The molecule has 1 fully saturated rings. The van der Waals surface area contributed by atoms with E-state index in [-0.39, 0.29) is 31.0 Å². The van der Waals surface area contributed by atoms with E-state index in [1.54, 1.807) is 23.1 Å². The highest BCUT2D eigenvalue weighted by Crippen LogP contribution is 2.32. The van der Waals surface area contributed by atoms with Gasteiger partial charge < -0.3 is 24.6 Å². The third-order valence-corrected chi connectivity index (χ3v) is 4.13. The van der Waals surface area contributed by atoms with E-state index in [1.807, 2.05) is 11.9 Å². The second-order valence-corrected chi connectivity index (χ2v) is 5.59. The Kier molecular flexibility index (Phi) is 6.28. The highest BCUT2D eigenvalue weighted by atomic mass is 35.5. The molecule has 1 aromatic carbocycles. The van der Waals surface area contributed by atoms with Crippen molar-refractivity contribution in [3.05, 3.63) is 23.8 Å². The molecule has 0 unspecified atom stereocenters. The number of halogens is 1. The van der Waals surface area contributed by atoms with E-state index in [0.717, 1.165) is 0 Å². The molecule has 1 N–H and O–H groups in total. The maximum Gasteiger partial charge on any atom is 0.254 e. The SMILES string of the molecule is CNCCC(=O)N1CCN(C(=O)c2ccc3c(c2)OCO3)CC1.Cl. The van der Waals surface area contributed by atoms with E-state index in [4.69, 9.17) is 9.47 Å². The summed E-state index contributed by atoms with van der Waals surface area (Å²) in [6, 6.07) is 5.22. The Hall–Kier alpha value is -1.99. The molecule has 0 saturated carbocycles. The Bertz CT molecular complexity index is 603. The molecule has 1 aromatic rings. The summed E-state index contributed by atoms with van der Waals surface area (Å²) in [6.45, 7) is 3.14. The van der Waals surface area contributed by atoms with E-state index in [9.17, 15) is 9.59 Å². The molecule has 2 amide bonds. The largest absolute Gasteiger partial charge is 0.454 e. The van der Waals surface area contributed by atoms with E-state index in [2.05, 4.69) is 5.32 Å². The minimum atomic E-state index is -0.0365. The summed E-state index contributed by atoms with van der Waals surface area (Å²) in [6.07, 6.45) is 0.493. The van der Waals surface area contributed by atoms with Crippen LogP contribution in [0.5, 0.6) is 11.5 Å². The van der Waals surface area contributed by atoms with Crippen LogP contribution in [0.2, 0.25) is 0 Å². The third kappa shape index (κ3) is 3.91. The Balaban J connectivity index is 0.00000208. The molecular formula is C16H22ClN3O4. The molecule has 2 aliphatic heterocycles. The number of amides is 2. The van der Waals surface area contributed by atoms with Crippen LogP contribution in [0.1, 0.15) is 16.8 Å². The van der Waals surface area contributed by atoms with Crippen molar-refractivity contribution in [1.29, 1.82) is 0 Å². The first-order valence-corrected chi connectivity index (χ1v) is 7.80. The molecule has 1 saturated heterocycles. The normalized spacial score (nSPS) is 15.9. The summed E-state index contributed by atoms with van der Waals surface area (Å²) < 4.78 is 10.6. The smallest absolute Gasteiger partial charge is 0.254 e. The monoisotopic (exact) mass is 355 g/mol. The average Bonchev–Trinajstić information content (AvgIpc) is 3.06. The molecule has 0 aliphatic carbocycles. The lowest BCUT2D eigenvalue weighted by atomic mass is 10.1. The van der Waals surface area contributed by atoms with Crippen LogP contribution in [0.25, 0.3) is 0 Å². The number of ether oxygens (including phenoxy) is 2. The molecule has 0 spiro atoms. The molecule has 0 radical (unpaired) electrons. The maximum absolute atomic E-state index is 12.6. The lowest BCUT2D eigenvalue weighted by Crippen LogP contribution is -2.50. The van der Waals surface area contributed by atoms with Crippen LogP contribution >= 0.6 is 12.4 Å². The zero-order chi connectivity index (χ0) is 16.2. The third-order valence-electron chi connectivity index (χ3n) is 4.13. The van der Waals surface area contributed by atoms with Crippen LogP contribution < -0.4 is 14.8 Å². The predicted molar refractivity (Wildman–Crippen MR) is 90.8 cm³/mol. The summed E-state index contributed by atoms with van der Waals surface area (Å²) >= 11 is 0. The van der Waals surface area contributed by atoms with Crippen LogP contribution in [-0.2, 0) is 4.79 Å². The number of nitrogens with zero attached hydrogens (tertiary/aromatic N) is 2. The first-order chi connectivity index (χ1) is 11.2. The van der Waals surface area contributed by atoms with Crippen molar-refractivity contribution in [2.45, 2.75) is 6.42 Å². The van der Waals surface area contributed by atoms with Gasteiger partial charge in [-0.25, -0.2) is 0 Å². The number of hydrogen-bond donors (Lipinski definition) is 1. The molecule has 3 rings (SSSR count). The van der Waals surface area contributed by atoms with Crippen LogP contribution in [0.4, 0.5) is 0 Å². The number of rotatable bonds is 4. The zero-order valence-electron chi connectivity index (χ0n) is 13.6. The minimum Gasteiger partial charge on any atom is -0.454 e. The van der Waals surface area contributed by atoms with Gasteiger partial charge in [0.1, 0.15) is 0 Å². The molecule has 2 aliphatic rings. The van der Waals surface area contributed by atoms with E-state index >= 15 is 0 Å². The first kappa shape index (κ1) is 18.4. The van der Waals surface area contributed by atoms with Gasteiger partial charge in [0.2, 0.25) is 12.7 Å². The topological polar surface area (TPSA) is 71.1 Å². The van der Waals surface area contributed by atoms with Gasteiger partial charge in [-0.2, -0.15) is 0 Å². The number of piperazine rings is 1. The van der Waals surface area contributed by atoms with Gasteiger partial charge in [0.15, 0.2) is 11.5 Å². The fourth-order valence-electron chi connectivity index (χ4n) is 2.76. The van der Waals surface area contributed by atoms with Crippen LogP contribution in [0.3, 0.4) is 0 Å². The second-order valence-electron chi connectivity index (χ2n) is 5.59. The highest BCUT2D eigenvalue weighted by molar-refractivity contribution is 5.95. The Labute approximate surface area is 147 Å². The number of nitrogens with one attached hydrogen (secondary N) is 1. The summed E-state index contributed by atoms with van der Waals surface area (Å²) in [5.41, 5.74) is 0.587. The van der Waals surface area contributed by atoms with Crippen LogP contribution in [0.15, 0.2) is 18.2 Å². The molecule has 7 nitrogen and oxygen atoms in total. The molecule has 132 valence electrons. The fraction of sp³-hybridized carbons (Fsp3) is 0.500. The number of carbonyl (C=O) groups is 2. The van der Waals surface area contributed by atoms with Crippen molar-refractivity contribution < 1.29 is 19.1 Å². The molecular weight excluding hydrogens is 334 g/mol. The number of fused-ring (bicyclic) bond motifs is 1. The second kappa shape index (κ2) is 8.21. The van der Waals surface area contributed by atoms with Crippen molar-refractivity contribution >= 4 is 24.2 Å². The summed E-state index contributed by atoms with van der Waals surface area (Å²) in [5, 5.41) is 2.97. The highest BCUT2D eigenvalue weighted by Gasteiger charge is 2.25. The standard InChI is InChI=1S/C16H21N3O4.ClH/c1-17-5-4-15(20)18-6-8-19(9-7-18)16(21)12-2-3-13-14(10-12)23-11-22-13;/h2-3,10,17H,4-9,11H2,1H3;1H. The molecule has 2 heterocycles. The van der Waals surface area contributed by atoms with Crippen molar-refractivity contribution in [1.82, 2.24) is 15.1 Å². The number of benzene rings is 1. The van der Waals surface area contributed by atoms with Gasteiger partial charge in [0.25, 0.3) is 5.91 Å². The van der Waals surface area contributed by atoms with Crippen LogP contribution in [-0.4, -0.2) is 68.2 Å². The van der Waals surface area contributed by atoms with E-state index < -0.39 is 0 Å². The van der Waals surface area contributed by atoms with E-state index in [0.29, 0.717) is 56.2 Å². The summed E-state index contributed by atoms with van der Waals surface area (Å²) in [4.78, 5) is 28.1. The molecule has 0 aromatic heterocycles. The zero-order valence-corrected chi connectivity index (χ0v) is 14.4. The summed E-state index contributed by atoms with van der Waals surface area (Å²) in [5.74, 6) is 1.37. The van der Waals surface area contributed by atoms with Gasteiger partial charge in [0.05, 0.1) is 0 Å². The van der Waals surface area contributed by atoms with Gasteiger partial charge >= 0.3 is 0 Å². The number of hydrogen-bond acceptors (Lipinski definition) is 5. The van der Waals surface area contributed by atoms with Crippen molar-refractivity contribution in [2.24, 2.45) is 0 Å². The fourth-order valence-corrected chi connectivity index (χ4v) is 2.76. The molecule has 0 atom stereocenters. The lowest BCUT2D eigenvalue weighted by Gasteiger charge is -2.35. The average molecular weight is 356 g/mol. The van der Waals surface area contributed by atoms with Gasteiger partial charge in [0, 0.05) is 44.7 Å². The minimum absolute atomic E-state index is 0. The van der Waals surface area contributed by atoms with E-state index in [1.165, 1.54) is 0 Å². The maximum atomic E-state index is 12.6. The van der Waals surface area contributed by atoms with Crippen molar-refractivity contribution in [2.75, 3.05) is 46.6 Å². The van der Waals surface area contributed by atoms with Crippen LogP contribution in [0, 0.1) is 0 Å². The van der Waals surface area contributed by atoms with Crippen molar-refractivity contribution in [3.63, 3.8) is 0 Å². The summed E-state index contributed by atoms with van der Waals surface area (Å²) in [7, 11) is 1.83. The predicted octanol–water partition coefficient (Wildman–Crippen LogP) is 0.731. The number of carbonyl (C=O) groups excluding carboxylic acids is 2. The van der Waals surface area contributed by atoms with Gasteiger partial charge in [-0.05, 0) is 25.2 Å². The lowest BCUT2D eigenvalue weighted by molar-refractivity contribution is -0.132. The van der Waals surface area contributed by atoms with Gasteiger partial charge in [-0.15, -0.1) is 12.4 Å². The van der Waals surface area contributed by atoms with Gasteiger partial charge in [-0.3, -0.25) is 9.59 Å². The first-order valence-electron chi connectivity index (χ1n) is 7.80. The Morgan fingerprint density at radius 1 is 1.08 bits per heavy atom. The quantitative estimate of drug-likeness (QED) is 0.862. The molecule has 24 heavy (non-hydrogen) atoms. The van der Waals surface area contributed by atoms with Gasteiger partial charge in [-0.1, -0.05) is 0 Å². The Morgan fingerprint density at radius 2 is 1.75 bits per heavy atom. The molecule has 0 bridgehead atoms. The van der Waals surface area contributed by atoms with Crippen molar-refractivity contribution in [3.8, 4) is 11.5 Å². The Morgan fingerprint density at radius 3 is 2.46 bits per heavy atom.